The predicted molar refractivity (Wildman–Crippen MR) is 83.5 cm³/mol. The minimum atomic E-state index is -1.06. The molecule has 22 heavy (non-hydrogen) atoms. The summed E-state index contributed by atoms with van der Waals surface area (Å²) in [7, 11) is 2.11. The maximum atomic E-state index is 10.8. The Morgan fingerprint density at radius 1 is 1.32 bits per heavy atom. The van der Waals surface area contributed by atoms with Crippen molar-refractivity contribution in [3.05, 3.63) is 42.3 Å². The fraction of sp³-hybridized carbons (Fsp3) is 0.375. The van der Waals surface area contributed by atoms with Crippen LogP contribution in [0.25, 0.3) is 0 Å². The molecule has 1 fully saturated rings. The van der Waals surface area contributed by atoms with Crippen LogP contribution in [0.15, 0.2) is 41.0 Å². The Morgan fingerprint density at radius 3 is 2.59 bits per heavy atom. The van der Waals surface area contributed by atoms with Crippen molar-refractivity contribution in [2.75, 3.05) is 29.9 Å². The minimum absolute atomic E-state index is 0.0430. The summed E-state index contributed by atoms with van der Waals surface area (Å²) in [6.45, 7) is 1.61. The number of aromatic nitrogens is 1. The van der Waals surface area contributed by atoms with Crippen LogP contribution < -0.4 is 9.80 Å². The van der Waals surface area contributed by atoms with Crippen molar-refractivity contribution in [1.29, 1.82) is 0 Å². The summed E-state index contributed by atoms with van der Waals surface area (Å²) in [5, 5.41) is 8.89. The second kappa shape index (κ2) is 6.09. The molecule has 1 N–H and O–H groups in total. The number of aromatic carboxylic acids is 1. The average Bonchev–Trinajstić information content (AvgIpc) is 3.05. The average molecular weight is 301 g/mol. The van der Waals surface area contributed by atoms with E-state index in [1.165, 1.54) is 12.0 Å². The number of carboxylic acids is 1. The van der Waals surface area contributed by atoms with Gasteiger partial charge in [0.2, 0.25) is 0 Å². The van der Waals surface area contributed by atoms with Crippen LogP contribution in [0.3, 0.4) is 0 Å². The quantitative estimate of drug-likeness (QED) is 0.935. The van der Waals surface area contributed by atoms with Crippen LogP contribution >= 0.6 is 0 Å². The lowest BCUT2D eigenvalue weighted by atomic mass is 10.0. The first kappa shape index (κ1) is 14.4. The van der Waals surface area contributed by atoms with Gasteiger partial charge >= 0.3 is 5.97 Å². The maximum absolute atomic E-state index is 10.8. The fourth-order valence-electron chi connectivity index (χ4n) is 2.83. The van der Waals surface area contributed by atoms with Crippen LogP contribution in [0.5, 0.6) is 0 Å². The van der Waals surface area contributed by atoms with Crippen molar-refractivity contribution in [2.45, 2.75) is 18.9 Å². The number of hydrogen-bond donors (Lipinski definition) is 1. The van der Waals surface area contributed by atoms with Crippen molar-refractivity contribution in [3.8, 4) is 0 Å². The van der Waals surface area contributed by atoms with E-state index in [1.54, 1.807) is 0 Å². The van der Waals surface area contributed by atoms with E-state index in [4.69, 9.17) is 9.52 Å². The summed E-state index contributed by atoms with van der Waals surface area (Å²) in [4.78, 5) is 19.2. The summed E-state index contributed by atoms with van der Waals surface area (Å²) in [5.41, 5.74) is 1.17. The van der Waals surface area contributed by atoms with E-state index in [9.17, 15) is 4.79 Å². The second-order valence-corrected chi connectivity index (χ2v) is 5.49. The SMILES string of the molecule is CN(c1ccccc1)C1CCN(c2nc(C(=O)O)co2)CC1. The number of carboxylic acid groups (broad SMARTS) is 1. The molecule has 1 saturated heterocycles. The van der Waals surface area contributed by atoms with E-state index in [0.717, 1.165) is 25.9 Å². The molecule has 1 aromatic carbocycles. The Bertz CT molecular complexity index is 633. The molecule has 1 aliphatic rings. The van der Waals surface area contributed by atoms with Crippen molar-refractivity contribution >= 4 is 17.7 Å². The zero-order valence-corrected chi connectivity index (χ0v) is 12.5. The van der Waals surface area contributed by atoms with Gasteiger partial charge in [-0.25, -0.2) is 4.79 Å². The van der Waals surface area contributed by atoms with E-state index < -0.39 is 5.97 Å². The molecule has 0 radical (unpaired) electrons. The first-order chi connectivity index (χ1) is 10.6. The smallest absolute Gasteiger partial charge is 0.357 e. The van der Waals surface area contributed by atoms with E-state index in [1.807, 2.05) is 23.1 Å². The number of nitrogens with zero attached hydrogens (tertiary/aromatic N) is 3. The highest BCUT2D eigenvalue weighted by atomic mass is 16.4. The number of piperidine rings is 1. The number of oxazole rings is 1. The highest BCUT2D eigenvalue weighted by Crippen LogP contribution is 2.24. The van der Waals surface area contributed by atoms with Gasteiger partial charge in [-0.15, -0.1) is 0 Å². The standard InChI is InChI=1S/C16H19N3O3/c1-18(12-5-3-2-4-6-12)13-7-9-19(10-8-13)16-17-14(11-22-16)15(20)21/h2-6,11,13H,7-10H2,1H3,(H,20,21). The van der Waals surface area contributed by atoms with Crippen molar-refractivity contribution in [1.82, 2.24) is 4.98 Å². The lowest BCUT2D eigenvalue weighted by Gasteiger charge is -2.37. The predicted octanol–water partition coefficient (Wildman–Crippen LogP) is 2.48. The number of anilines is 2. The van der Waals surface area contributed by atoms with E-state index >= 15 is 0 Å². The van der Waals surface area contributed by atoms with Gasteiger partial charge in [0, 0.05) is 31.9 Å². The molecule has 1 aliphatic heterocycles. The number of para-hydroxylation sites is 1. The van der Waals surface area contributed by atoms with Gasteiger partial charge in [0.25, 0.3) is 6.01 Å². The van der Waals surface area contributed by atoms with Gasteiger partial charge in [-0.3, -0.25) is 0 Å². The van der Waals surface area contributed by atoms with Crippen molar-refractivity contribution in [3.63, 3.8) is 0 Å². The van der Waals surface area contributed by atoms with Crippen LogP contribution in [0, 0.1) is 0 Å². The number of hydrogen-bond acceptors (Lipinski definition) is 5. The second-order valence-electron chi connectivity index (χ2n) is 5.49. The zero-order valence-electron chi connectivity index (χ0n) is 12.5. The molecule has 2 heterocycles. The molecular formula is C16H19N3O3. The molecule has 0 atom stereocenters. The van der Waals surface area contributed by atoms with Gasteiger partial charge in [-0.2, -0.15) is 4.98 Å². The molecule has 0 bridgehead atoms. The van der Waals surface area contributed by atoms with Crippen LogP contribution in [-0.4, -0.2) is 42.2 Å². The highest BCUT2D eigenvalue weighted by molar-refractivity contribution is 5.85. The van der Waals surface area contributed by atoms with E-state index in [-0.39, 0.29) is 5.69 Å². The van der Waals surface area contributed by atoms with Gasteiger partial charge in [0.15, 0.2) is 5.69 Å². The van der Waals surface area contributed by atoms with Gasteiger partial charge in [-0.1, -0.05) is 18.2 Å². The molecule has 0 unspecified atom stereocenters. The maximum Gasteiger partial charge on any atom is 0.357 e. The van der Waals surface area contributed by atoms with Crippen molar-refractivity contribution in [2.24, 2.45) is 0 Å². The topological polar surface area (TPSA) is 69.8 Å². The molecular weight excluding hydrogens is 282 g/mol. The molecule has 0 saturated carbocycles. The van der Waals surface area contributed by atoms with Crippen LogP contribution in [0.1, 0.15) is 23.3 Å². The van der Waals surface area contributed by atoms with E-state index in [2.05, 4.69) is 29.1 Å². The molecule has 2 aromatic rings. The molecule has 6 heteroatoms. The molecule has 0 aliphatic carbocycles. The van der Waals surface area contributed by atoms with E-state index in [0.29, 0.717) is 12.1 Å². The Hall–Kier alpha value is -2.50. The largest absolute Gasteiger partial charge is 0.476 e. The minimum Gasteiger partial charge on any atom is -0.476 e. The molecule has 1 aromatic heterocycles. The first-order valence-electron chi connectivity index (χ1n) is 7.37. The van der Waals surface area contributed by atoms with Crippen LogP contribution in [-0.2, 0) is 0 Å². The Morgan fingerprint density at radius 2 is 2.00 bits per heavy atom. The van der Waals surface area contributed by atoms with Gasteiger partial charge in [0.1, 0.15) is 6.26 Å². The normalized spacial score (nSPS) is 15.8. The molecule has 0 spiro atoms. The summed E-state index contributed by atoms with van der Waals surface area (Å²) < 4.78 is 5.27. The number of rotatable bonds is 4. The van der Waals surface area contributed by atoms with Crippen molar-refractivity contribution < 1.29 is 14.3 Å². The number of carbonyl (C=O) groups is 1. The van der Waals surface area contributed by atoms with Gasteiger partial charge in [-0.05, 0) is 25.0 Å². The Kier molecular flexibility index (Phi) is 4.00. The first-order valence-corrected chi connectivity index (χ1v) is 7.37. The molecule has 6 nitrogen and oxygen atoms in total. The third kappa shape index (κ3) is 2.90. The van der Waals surface area contributed by atoms with Gasteiger partial charge < -0.3 is 19.3 Å². The Balaban J connectivity index is 1.61. The number of benzene rings is 1. The Labute approximate surface area is 129 Å². The summed E-state index contributed by atoms with van der Waals surface area (Å²) in [6, 6.07) is 11.2. The summed E-state index contributed by atoms with van der Waals surface area (Å²) in [6.07, 6.45) is 3.16. The fourth-order valence-corrected chi connectivity index (χ4v) is 2.83. The van der Waals surface area contributed by atoms with Crippen LogP contribution in [0.2, 0.25) is 0 Å². The monoisotopic (exact) mass is 301 g/mol. The third-order valence-corrected chi connectivity index (χ3v) is 4.16. The summed E-state index contributed by atoms with van der Waals surface area (Å²) in [5.74, 6) is -1.06. The zero-order chi connectivity index (χ0) is 15.5. The molecule has 0 amide bonds. The molecule has 3 rings (SSSR count). The lowest BCUT2D eigenvalue weighted by molar-refractivity contribution is 0.0690. The van der Waals surface area contributed by atoms with Gasteiger partial charge in [0.05, 0.1) is 0 Å². The lowest BCUT2D eigenvalue weighted by Crippen LogP contribution is -2.43. The summed E-state index contributed by atoms with van der Waals surface area (Å²) >= 11 is 0. The van der Waals surface area contributed by atoms with Crippen LogP contribution in [0.4, 0.5) is 11.7 Å². The molecule has 116 valence electrons. The third-order valence-electron chi connectivity index (χ3n) is 4.16. The highest BCUT2D eigenvalue weighted by Gasteiger charge is 2.25.